The standard InChI is InChI=1S/C33H41N5O6/c1-33(2,3)38-30(41)24-16-10-11-17-25(24)35-20-28(39)26(18-22-12-6-4-7-13-22)36-31(42)27(19-29(34)40)37-32(43)44-21-23-14-8-5-9-15-23/h4-17,26-28,35,39H,18-21H2,1-3H3,(H2,34,40)(H,36,42)(H,37,43)(H,38,41)/t26-,27-,28-/m0/s1. The SMILES string of the molecule is CC(C)(C)NC(=O)c1ccccc1NC[C@H](O)[C@H](Cc1ccccc1)NC(=O)[C@H](CC(N)=O)NC(=O)OCc1ccccc1. The summed E-state index contributed by atoms with van der Waals surface area (Å²) in [5.41, 5.74) is 7.42. The van der Waals surface area contributed by atoms with Crippen molar-refractivity contribution in [3.05, 3.63) is 102 Å². The van der Waals surface area contributed by atoms with Crippen molar-refractivity contribution in [3.63, 3.8) is 0 Å². The number of rotatable bonds is 14. The predicted octanol–water partition coefficient (Wildman–Crippen LogP) is 2.89. The number of amides is 4. The maximum Gasteiger partial charge on any atom is 0.408 e. The van der Waals surface area contributed by atoms with Crippen molar-refractivity contribution < 1.29 is 29.0 Å². The molecular formula is C33H41N5O6. The highest BCUT2D eigenvalue weighted by molar-refractivity contribution is 6.00. The zero-order chi connectivity index (χ0) is 32.1. The van der Waals surface area contributed by atoms with Gasteiger partial charge in [0.1, 0.15) is 12.6 Å². The van der Waals surface area contributed by atoms with E-state index in [1.165, 1.54) is 0 Å². The van der Waals surface area contributed by atoms with Crippen LogP contribution in [0.4, 0.5) is 10.5 Å². The van der Waals surface area contributed by atoms with Gasteiger partial charge in [0, 0.05) is 17.8 Å². The van der Waals surface area contributed by atoms with E-state index in [1.54, 1.807) is 48.5 Å². The molecule has 0 unspecified atom stereocenters. The van der Waals surface area contributed by atoms with Crippen molar-refractivity contribution in [1.82, 2.24) is 16.0 Å². The van der Waals surface area contributed by atoms with Gasteiger partial charge in [0.05, 0.1) is 24.1 Å². The van der Waals surface area contributed by atoms with Crippen LogP contribution in [0, 0.1) is 0 Å². The highest BCUT2D eigenvalue weighted by Crippen LogP contribution is 2.17. The van der Waals surface area contributed by atoms with Crippen LogP contribution in [0.3, 0.4) is 0 Å². The summed E-state index contributed by atoms with van der Waals surface area (Å²) in [6.07, 6.45) is -2.28. The van der Waals surface area contributed by atoms with Gasteiger partial charge in [0.2, 0.25) is 11.8 Å². The fourth-order valence-electron chi connectivity index (χ4n) is 4.35. The minimum Gasteiger partial charge on any atom is -0.445 e. The van der Waals surface area contributed by atoms with Gasteiger partial charge in [-0.05, 0) is 50.5 Å². The first-order chi connectivity index (χ1) is 20.9. The third-order valence-electron chi connectivity index (χ3n) is 6.48. The molecule has 0 aliphatic rings. The van der Waals surface area contributed by atoms with Gasteiger partial charge < -0.3 is 36.8 Å². The van der Waals surface area contributed by atoms with Crippen molar-refractivity contribution in [1.29, 1.82) is 0 Å². The number of nitrogens with two attached hydrogens (primary N) is 1. The number of ether oxygens (including phenoxy) is 1. The molecule has 0 aliphatic carbocycles. The van der Waals surface area contributed by atoms with Gasteiger partial charge in [-0.2, -0.15) is 0 Å². The monoisotopic (exact) mass is 603 g/mol. The number of para-hydroxylation sites is 1. The molecule has 7 N–H and O–H groups in total. The minimum atomic E-state index is -1.34. The summed E-state index contributed by atoms with van der Waals surface area (Å²) >= 11 is 0. The smallest absolute Gasteiger partial charge is 0.408 e. The number of hydrogen-bond donors (Lipinski definition) is 6. The summed E-state index contributed by atoms with van der Waals surface area (Å²) in [5, 5.41) is 22.5. The van der Waals surface area contributed by atoms with Crippen LogP contribution in [0.5, 0.6) is 0 Å². The lowest BCUT2D eigenvalue weighted by molar-refractivity contribution is -0.128. The van der Waals surface area contributed by atoms with Crippen molar-refractivity contribution in [3.8, 4) is 0 Å². The van der Waals surface area contributed by atoms with Crippen LogP contribution in [0.2, 0.25) is 0 Å². The van der Waals surface area contributed by atoms with Crippen molar-refractivity contribution in [2.24, 2.45) is 5.73 Å². The number of aliphatic hydroxyl groups is 1. The molecule has 234 valence electrons. The fourth-order valence-corrected chi connectivity index (χ4v) is 4.35. The Kier molecular flexibility index (Phi) is 12.3. The van der Waals surface area contributed by atoms with Gasteiger partial charge in [-0.15, -0.1) is 0 Å². The number of alkyl carbamates (subject to hydrolysis) is 1. The molecule has 0 spiro atoms. The summed E-state index contributed by atoms with van der Waals surface area (Å²) in [4.78, 5) is 50.5. The first kappa shape index (κ1) is 33.6. The molecule has 0 radical (unpaired) electrons. The van der Waals surface area contributed by atoms with Gasteiger partial charge in [-0.1, -0.05) is 72.8 Å². The zero-order valence-corrected chi connectivity index (χ0v) is 25.2. The molecule has 3 aromatic carbocycles. The second kappa shape index (κ2) is 16.1. The molecule has 11 heteroatoms. The molecule has 0 bridgehead atoms. The van der Waals surface area contributed by atoms with E-state index in [-0.39, 0.29) is 25.5 Å². The molecule has 0 aromatic heterocycles. The molecule has 3 rings (SSSR count). The Morgan fingerprint density at radius 2 is 1.43 bits per heavy atom. The number of carbonyl (C=O) groups excluding carboxylic acids is 4. The van der Waals surface area contributed by atoms with Crippen LogP contribution in [0.15, 0.2) is 84.9 Å². The average molecular weight is 604 g/mol. The normalized spacial score (nSPS) is 13.1. The Labute approximate surface area is 257 Å². The van der Waals surface area contributed by atoms with Gasteiger partial charge in [0.25, 0.3) is 5.91 Å². The van der Waals surface area contributed by atoms with Gasteiger partial charge in [-0.3, -0.25) is 14.4 Å². The second-order valence-corrected chi connectivity index (χ2v) is 11.4. The summed E-state index contributed by atoms with van der Waals surface area (Å²) in [6, 6.07) is 22.9. The lowest BCUT2D eigenvalue weighted by atomic mass is 10.00. The van der Waals surface area contributed by atoms with E-state index in [0.717, 1.165) is 11.1 Å². The Morgan fingerprint density at radius 1 is 0.841 bits per heavy atom. The molecule has 0 heterocycles. The van der Waals surface area contributed by atoms with Crippen molar-refractivity contribution in [2.45, 2.75) is 63.9 Å². The van der Waals surface area contributed by atoms with Gasteiger partial charge >= 0.3 is 6.09 Å². The Balaban J connectivity index is 1.73. The Bertz CT molecular complexity index is 1390. The molecule has 11 nitrogen and oxygen atoms in total. The highest BCUT2D eigenvalue weighted by Gasteiger charge is 2.29. The summed E-state index contributed by atoms with van der Waals surface area (Å²) in [5.74, 6) is -1.80. The third kappa shape index (κ3) is 11.4. The number of primary amides is 1. The summed E-state index contributed by atoms with van der Waals surface area (Å²) < 4.78 is 5.21. The fraction of sp³-hybridized carbons (Fsp3) is 0.333. The van der Waals surface area contributed by atoms with Gasteiger partial charge in [-0.25, -0.2) is 4.79 Å². The topological polar surface area (TPSA) is 172 Å². The second-order valence-electron chi connectivity index (χ2n) is 11.4. The lowest BCUT2D eigenvalue weighted by Crippen LogP contribution is -2.55. The van der Waals surface area contributed by atoms with Crippen LogP contribution < -0.4 is 27.0 Å². The predicted molar refractivity (Wildman–Crippen MR) is 168 cm³/mol. The van der Waals surface area contributed by atoms with E-state index >= 15 is 0 Å². The Hall–Kier alpha value is -4.90. The minimum absolute atomic E-state index is 0.0232. The molecular weight excluding hydrogens is 562 g/mol. The molecule has 3 aromatic rings. The highest BCUT2D eigenvalue weighted by atomic mass is 16.5. The van der Waals surface area contributed by atoms with Crippen LogP contribution in [0.25, 0.3) is 0 Å². The number of carbonyl (C=O) groups is 4. The van der Waals surface area contributed by atoms with E-state index in [2.05, 4.69) is 21.3 Å². The van der Waals surface area contributed by atoms with Gasteiger partial charge in [0.15, 0.2) is 0 Å². The third-order valence-corrected chi connectivity index (χ3v) is 6.48. The number of benzene rings is 3. The molecule has 4 amide bonds. The quantitative estimate of drug-likeness (QED) is 0.164. The molecule has 0 aliphatic heterocycles. The van der Waals surface area contributed by atoms with Crippen molar-refractivity contribution >= 4 is 29.5 Å². The number of anilines is 1. The van der Waals surface area contributed by atoms with Crippen LogP contribution in [-0.2, 0) is 27.4 Å². The number of hydrogen-bond acceptors (Lipinski definition) is 7. The number of nitrogens with one attached hydrogen (secondary N) is 4. The van der Waals surface area contributed by atoms with E-state index in [4.69, 9.17) is 10.5 Å². The number of aliphatic hydroxyl groups excluding tert-OH is 1. The molecule has 3 atom stereocenters. The zero-order valence-electron chi connectivity index (χ0n) is 25.2. The first-order valence-electron chi connectivity index (χ1n) is 14.3. The molecule has 0 saturated heterocycles. The van der Waals surface area contributed by atoms with E-state index in [1.807, 2.05) is 57.2 Å². The average Bonchev–Trinajstić information content (AvgIpc) is 2.98. The summed E-state index contributed by atoms with van der Waals surface area (Å²) in [6.45, 7) is 5.58. The van der Waals surface area contributed by atoms with Crippen molar-refractivity contribution in [2.75, 3.05) is 11.9 Å². The largest absolute Gasteiger partial charge is 0.445 e. The lowest BCUT2D eigenvalue weighted by Gasteiger charge is -2.28. The molecule has 44 heavy (non-hydrogen) atoms. The maximum atomic E-state index is 13.4. The Morgan fingerprint density at radius 3 is 2.05 bits per heavy atom. The molecule has 0 saturated carbocycles. The van der Waals surface area contributed by atoms with Crippen LogP contribution in [0.1, 0.15) is 48.7 Å². The van der Waals surface area contributed by atoms with Crippen LogP contribution in [-0.4, -0.2) is 59.2 Å². The van der Waals surface area contributed by atoms with E-state index in [0.29, 0.717) is 11.3 Å². The maximum absolute atomic E-state index is 13.4. The first-order valence-corrected chi connectivity index (χ1v) is 14.3. The summed E-state index contributed by atoms with van der Waals surface area (Å²) in [7, 11) is 0. The van der Waals surface area contributed by atoms with E-state index in [9.17, 15) is 24.3 Å². The molecule has 0 fully saturated rings. The van der Waals surface area contributed by atoms with Crippen LogP contribution >= 0.6 is 0 Å². The van der Waals surface area contributed by atoms with E-state index < -0.39 is 48.1 Å².